The van der Waals surface area contributed by atoms with Gasteiger partial charge >= 0.3 is 5.97 Å². The molecule has 1 fully saturated rings. The Bertz CT molecular complexity index is 854. The van der Waals surface area contributed by atoms with Crippen LogP contribution in [0.15, 0.2) is 16.9 Å². The van der Waals surface area contributed by atoms with Gasteiger partial charge in [0.1, 0.15) is 34.3 Å². The van der Waals surface area contributed by atoms with E-state index in [9.17, 15) is 14.4 Å². The van der Waals surface area contributed by atoms with Gasteiger partial charge in [0, 0.05) is 5.75 Å². The van der Waals surface area contributed by atoms with E-state index < -0.39 is 29.2 Å². The molecule has 0 saturated carbocycles. The van der Waals surface area contributed by atoms with E-state index in [2.05, 4.69) is 20.3 Å². The Morgan fingerprint density at radius 2 is 2.31 bits per heavy atom. The molecule has 1 aromatic heterocycles. The lowest BCUT2D eigenvalue weighted by Crippen LogP contribution is -2.70. The Morgan fingerprint density at radius 3 is 2.88 bits per heavy atom. The molecule has 4 N–H and O–H groups in total. The number of nitrogens with zero attached hydrogens (tertiary/aromatic N) is 3. The number of anilines is 1. The van der Waals surface area contributed by atoms with Crippen LogP contribution in [0.2, 0.25) is 4.34 Å². The topological polar surface area (TPSA) is 147 Å². The summed E-state index contributed by atoms with van der Waals surface area (Å²) in [6.45, 7) is 0. The molecule has 2 aliphatic rings. The summed E-state index contributed by atoms with van der Waals surface area (Å²) < 4.78 is 0.151. The van der Waals surface area contributed by atoms with Gasteiger partial charge in [-0.1, -0.05) is 28.1 Å². The van der Waals surface area contributed by atoms with Crippen LogP contribution < -0.4 is 11.1 Å². The first-order valence-corrected chi connectivity index (χ1v) is 9.31. The highest BCUT2D eigenvalue weighted by molar-refractivity contribution is 8.00. The van der Waals surface area contributed by atoms with E-state index in [1.165, 1.54) is 24.9 Å². The van der Waals surface area contributed by atoms with Gasteiger partial charge in [0.05, 0.1) is 0 Å². The lowest BCUT2D eigenvalue weighted by molar-refractivity contribution is -0.150. The van der Waals surface area contributed by atoms with Gasteiger partial charge in [0.25, 0.3) is 11.8 Å². The number of hydrogen-bond donors (Lipinski definition) is 3. The van der Waals surface area contributed by atoms with E-state index >= 15 is 0 Å². The number of oxime groups is 1. The van der Waals surface area contributed by atoms with E-state index in [0.29, 0.717) is 5.75 Å². The second kappa shape index (κ2) is 7.13. The van der Waals surface area contributed by atoms with E-state index in [1.54, 1.807) is 0 Å². The lowest BCUT2D eigenvalue weighted by atomic mass is 10.0. The van der Waals surface area contributed by atoms with Crippen LogP contribution in [0, 0.1) is 0 Å². The summed E-state index contributed by atoms with van der Waals surface area (Å²) in [6.07, 6.45) is 1.45. The number of thioether (sulfide) groups is 1. The van der Waals surface area contributed by atoms with Gasteiger partial charge in [-0.25, -0.2) is 9.78 Å². The fraction of sp³-hybridized carbons (Fsp3) is 0.308. The predicted molar refractivity (Wildman–Crippen MR) is 95.8 cm³/mol. The molecule has 1 saturated heterocycles. The van der Waals surface area contributed by atoms with Crippen molar-refractivity contribution in [2.75, 3.05) is 18.6 Å². The third-order valence-electron chi connectivity index (χ3n) is 3.58. The number of carbonyl (C=O) groups is 3. The lowest BCUT2D eigenvalue weighted by Gasteiger charge is -2.48. The number of amides is 2. The molecule has 2 atom stereocenters. The van der Waals surface area contributed by atoms with Crippen LogP contribution in [0.3, 0.4) is 0 Å². The zero-order valence-electron chi connectivity index (χ0n) is 13.1. The number of aromatic nitrogens is 1. The summed E-state index contributed by atoms with van der Waals surface area (Å²) >= 11 is 8.31. The quantitative estimate of drug-likeness (QED) is 0.347. The third kappa shape index (κ3) is 3.10. The largest absolute Gasteiger partial charge is 0.477 e. The van der Waals surface area contributed by atoms with Crippen molar-refractivity contribution in [1.29, 1.82) is 0 Å². The van der Waals surface area contributed by atoms with Gasteiger partial charge in [-0.3, -0.25) is 14.5 Å². The molecule has 0 aliphatic carbocycles. The maximum absolute atomic E-state index is 12.6. The second-order valence-electron chi connectivity index (χ2n) is 5.07. The van der Waals surface area contributed by atoms with Gasteiger partial charge < -0.3 is 21.0 Å². The van der Waals surface area contributed by atoms with Crippen molar-refractivity contribution < 1.29 is 24.3 Å². The number of carbonyl (C=O) groups excluding carboxylic acids is 2. The molecule has 0 aromatic carbocycles. The number of nitrogens with one attached hydrogen (secondary N) is 1. The van der Waals surface area contributed by atoms with Crippen LogP contribution in [-0.2, 0) is 19.2 Å². The molecular formula is C13H12ClN5O5S2. The minimum absolute atomic E-state index is 0.0413. The molecule has 0 radical (unpaired) electrons. The Kier molecular flexibility index (Phi) is 5.07. The minimum Gasteiger partial charge on any atom is -0.477 e. The highest BCUT2D eigenvalue weighted by Crippen LogP contribution is 2.37. The zero-order chi connectivity index (χ0) is 19.0. The Balaban J connectivity index is 1.79. The molecule has 2 amide bonds. The van der Waals surface area contributed by atoms with Crippen molar-refractivity contribution in [3.63, 3.8) is 0 Å². The third-order valence-corrected chi connectivity index (χ3v) is 5.84. The average molecular weight is 418 g/mol. The molecule has 0 unspecified atom stereocenters. The molecule has 138 valence electrons. The second-order valence-corrected chi connectivity index (χ2v) is 7.86. The van der Waals surface area contributed by atoms with E-state index in [0.717, 1.165) is 16.2 Å². The number of thiazole rings is 1. The normalized spacial score (nSPS) is 22.2. The number of nitrogen functional groups attached to an aromatic ring is 1. The standard InChI is InChI=1S/C13H12ClN5O5S2/c1-24-18-6(5-8(14)26-13(15)17-5)9(20)16-7-10(21)19-4(12(22)23)2-3-25-11(7)19/h2,7,11H,3H2,1H3,(H2,15,17)(H,16,20)(H,22,23)/t7-,11-/m1/s1. The zero-order valence-corrected chi connectivity index (χ0v) is 15.5. The van der Waals surface area contributed by atoms with Gasteiger partial charge in [0.15, 0.2) is 10.8 Å². The van der Waals surface area contributed by atoms with Crippen LogP contribution in [0.4, 0.5) is 5.13 Å². The van der Waals surface area contributed by atoms with Crippen molar-refractivity contribution >= 4 is 63.3 Å². The molecule has 26 heavy (non-hydrogen) atoms. The maximum atomic E-state index is 12.6. The van der Waals surface area contributed by atoms with Crippen LogP contribution in [0.25, 0.3) is 0 Å². The summed E-state index contributed by atoms with van der Waals surface area (Å²) in [7, 11) is 1.24. The molecule has 10 nitrogen and oxygen atoms in total. The monoisotopic (exact) mass is 417 g/mol. The van der Waals surface area contributed by atoms with Crippen molar-refractivity contribution in [3.05, 3.63) is 21.8 Å². The number of halogens is 1. The molecular weight excluding hydrogens is 406 g/mol. The van der Waals surface area contributed by atoms with Gasteiger partial charge in [-0.2, -0.15) is 0 Å². The van der Waals surface area contributed by atoms with Gasteiger partial charge in [-0.05, 0) is 6.08 Å². The molecule has 0 spiro atoms. The highest BCUT2D eigenvalue weighted by Gasteiger charge is 2.53. The Hall–Kier alpha value is -2.31. The Labute approximate surface area is 160 Å². The Morgan fingerprint density at radius 1 is 1.58 bits per heavy atom. The molecule has 2 aliphatic heterocycles. The summed E-state index contributed by atoms with van der Waals surface area (Å²) in [5, 5.41) is 14.9. The summed E-state index contributed by atoms with van der Waals surface area (Å²) in [6, 6.07) is -0.896. The predicted octanol–water partition coefficient (Wildman–Crippen LogP) is 0.0976. The van der Waals surface area contributed by atoms with Crippen molar-refractivity contribution in [3.8, 4) is 0 Å². The number of β-lactam (4-membered cyclic amide) rings is 1. The molecule has 0 bridgehead atoms. The fourth-order valence-corrected chi connectivity index (χ4v) is 4.62. The number of fused-ring (bicyclic) bond motifs is 1. The van der Waals surface area contributed by atoms with E-state index in [1.807, 2.05) is 0 Å². The van der Waals surface area contributed by atoms with Gasteiger partial charge in [0.2, 0.25) is 0 Å². The van der Waals surface area contributed by atoms with Crippen LogP contribution in [0.1, 0.15) is 5.69 Å². The van der Waals surface area contributed by atoms with E-state index in [-0.39, 0.29) is 26.6 Å². The van der Waals surface area contributed by atoms with Gasteiger partial charge in [-0.15, -0.1) is 11.8 Å². The number of rotatable bonds is 5. The number of hydrogen-bond acceptors (Lipinski definition) is 9. The molecule has 3 heterocycles. The number of aliphatic carboxylic acids is 1. The smallest absolute Gasteiger partial charge is 0.352 e. The average Bonchev–Trinajstić information content (AvgIpc) is 2.94. The maximum Gasteiger partial charge on any atom is 0.352 e. The first-order valence-electron chi connectivity index (χ1n) is 7.07. The van der Waals surface area contributed by atoms with Crippen LogP contribution in [0.5, 0.6) is 0 Å². The van der Waals surface area contributed by atoms with Crippen molar-refractivity contribution in [2.24, 2.45) is 5.16 Å². The first-order chi connectivity index (χ1) is 12.3. The number of nitrogens with two attached hydrogens (primary N) is 1. The SMILES string of the molecule is CON=C(C(=O)N[C@@H]1C(=O)N2C(C(=O)O)=CCS[C@H]12)c1nc(N)sc1Cl. The van der Waals surface area contributed by atoms with Crippen molar-refractivity contribution in [2.45, 2.75) is 11.4 Å². The highest BCUT2D eigenvalue weighted by atomic mass is 35.5. The molecule has 3 rings (SSSR count). The van der Waals surface area contributed by atoms with Crippen LogP contribution in [-0.4, -0.2) is 62.8 Å². The fourth-order valence-electron chi connectivity index (χ4n) is 2.49. The summed E-state index contributed by atoms with van der Waals surface area (Å²) in [4.78, 5) is 45.8. The molecule has 13 heteroatoms. The number of carboxylic acid groups (broad SMARTS) is 1. The van der Waals surface area contributed by atoms with E-state index in [4.69, 9.17) is 22.4 Å². The number of carboxylic acids is 1. The minimum atomic E-state index is -1.19. The van der Waals surface area contributed by atoms with Crippen molar-refractivity contribution in [1.82, 2.24) is 15.2 Å². The summed E-state index contributed by atoms with van der Waals surface area (Å²) in [5.74, 6) is -2.04. The first kappa shape index (κ1) is 18.5. The summed E-state index contributed by atoms with van der Waals surface area (Å²) in [5.41, 5.74) is 5.29. The van der Waals surface area contributed by atoms with Crippen LogP contribution >= 0.6 is 34.7 Å². The molecule has 1 aromatic rings.